The highest BCUT2D eigenvalue weighted by molar-refractivity contribution is 6.30. The van der Waals surface area contributed by atoms with Crippen molar-refractivity contribution in [3.8, 4) is 11.5 Å². The first-order valence-corrected chi connectivity index (χ1v) is 9.84. The van der Waals surface area contributed by atoms with Crippen LogP contribution in [0.4, 0.5) is 0 Å². The topological polar surface area (TPSA) is 101 Å². The molecule has 0 saturated heterocycles. The summed E-state index contributed by atoms with van der Waals surface area (Å²) in [6.07, 6.45) is 3.88. The predicted molar refractivity (Wildman–Crippen MR) is 104 cm³/mol. The average Bonchev–Trinajstić information content (AvgIpc) is 2.72. The minimum Gasteiger partial charge on any atom is -0.507 e. The number of fused-ring (bicyclic) bond motifs is 2. The molecule has 4 rings (SSSR count). The van der Waals surface area contributed by atoms with Crippen molar-refractivity contribution in [1.82, 2.24) is 0 Å². The Morgan fingerprint density at radius 3 is 2.17 bits per heavy atom. The van der Waals surface area contributed by atoms with Gasteiger partial charge in [-0.1, -0.05) is 43.5 Å². The van der Waals surface area contributed by atoms with Gasteiger partial charge in [-0.3, -0.25) is 14.4 Å². The van der Waals surface area contributed by atoms with Crippen LogP contribution < -0.4 is 0 Å². The maximum Gasteiger partial charge on any atom is 0.303 e. The van der Waals surface area contributed by atoms with E-state index in [1.165, 1.54) is 25.1 Å². The van der Waals surface area contributed by atoms with Crippen LogP contribution in [0.15, 0.2) is 30.3 Å². The van der Waals surface area contributed by atoms with Crippen molar-refractivity contribution >= 4 is 17.5 Å². The lowest BCUT2D eigenvalue weighted by atomic mass is 9.78. The van der Waals surface area contributed by atoms with Gasteiger partial charge in [-0.2, -0.15) is 0 Å². The van der Waals surface area contributed by atoms with Gasteiger partial charge in [0, 0.05) is 29.5 Å². The van der Waals surface area contributed by atoms with Crippen LogP contribution in [0, 0.1) is 5.92 Å². The van der Waals surface area contributed by atoms with E-state index in [9.17, 15) is 24.6 Å². The molecule has 150 valence electrons. The van der Waals surface area contributed by atoms with Gasteiger partial charge < -0.3 is 14.9 Å². The van der Waals surface area contributed by atoms with E-state index in [1.54, 1.807) is 12.1 Å². The van der Waals surface area contributed by atoms with E-state index < -0.39 is 35.1 Å². The van der Waals surface area contributed by atoms with E-state index in [0.29, 0.717) is 0 Å². The van der Waals surface area contributed by atoms with Crippen molar-refractivity contribution in [3.63, 3.8) is 0 Å². The fourth-order valence-electron chi connectivity index (χ4n) is 4.52. The highest BCUT2D eigenvalue weighted by atomic mass is 16.5. The van der Waals surface area contributed by atoms with Crippen molar-refractivity contribution in [1.29, 1.82) is 0 Å². The molecular formula is C23H22O6. The fraction of sp³-hybridized carbons (Fsp3) is 0.348. The van der Waals surface area contributed by atoms with Crippen molar-refractivity contribution < 1.29 is 29.3 Å². The van der Waals surface area contributed by atoms with Gasteiger partial charge in [-0.05, 0) is 18.9 Å². The molecule has 2 aromatic carbocycles. The fourth-order valence-corrected chi connectivity index (χ4v) is 4.52. The second kappa shape index (κ2) is 7.35. The Morgan fingerprint density at radius 1 is 1.00 bits per heavy atom. The largest absolute Gasteiger partial charge is 0.507 e. The van der Waals surface area contributed by atoms with E-state index in [1.807, 2.05) is 0 Å². The van der Waals surface area contributed by atoms with Crippen molar-refractivity contribution in [2.45, 2.75) is 45.1 Å². The monoisotopic (exact) mass is 394 g/mol. The van der Waals surface area contributed by atoms with Crippen LogP contribution in [0.1, 0.15) is 82.5 Å². The predicted octanol–water partition coefficient (Wildman–Crippen LogP) is 4.06. The summed E-state index contributed by atoms with van der Waals surface area (Å²) in [5.41, 5.74) is 0.107. The third kappa shape index (κ3) is 3.18. The summed E-state index contributed by atoms with van der Waals surface area (Å²) in [6.45, 7) is 1.29. The van der Waals surface area contributed by atoms with Crippen LogP contribution in [-0.4, -0.2) is 27.7 Å². The third-order valence-corrected chi connectivity index (χ3v) is 5.86. The quantitative estimate of drug-likeness (QED) is 0.513. The molecule has 1 fully saturated rings. The zero-order valence-corrected chi connectivity index (χ0v) is 16.1. The van der Waals surface area contributed by atoms with Crippen molar-refractivity contribution in [3.05, 3.63) is 58.1 Å². The van der Waals surface area contributed by atoms with Gasteiger partial charge >= 0.3 is 5.97 Å². The van der Waals surface area contributed by atoms with Crippen LogP contribution >= 0.6 is 0 Å². The number of carbonyl (C=O) groups is 3. The number of phenolic OH excluding ortho intramolecular Hbond substituents is 2. The minimum atomic E-state index is -0.788. The molecule has 0 heterocycles. The Kier molecular flexibility index (Phi) is 4.86. The molecule has 2 N–H and O–H groups in total. The summed E-state index contributed by atoms with van der Waals surface area (Å²) < 4.78 is 5.53. The zero-order chi connectivity index (χ0) is 20.7. The molecule has 0 aliphatic heterocycles. The molecule has 0 bridgehead atoms. The van der Waals surface area contributed by atoms with E-state index in [-0.39, 0.29) is 33.7 Å². The summed E-state index contributed by atoms with van der Waals surface area (Å²) >= 11 is 0. The van der Waals surface area contributed by atoms with Gasteiger partial charge in [0.05, 0.1) is 11.1 Å². The normalized spacial score (nSPS) is 17.4. The molecule has 0 aromatic heterocycles. The van der Waals surface area contributed by atoms with Gasteiger partial charge in [0.25, 0.3) is 0 Å². The number of benzene rings is 2. The highest BCUT2D eigenvalue weighted by Gasteiger charge is 2.38. The lowest BCUT2D eigenvalue weighted by Gasteiger charge is -2.31. The molecule has 6 heteroatoms. The van der Waals surface area contributed by atoms with Gasteiger partial charge in [0.2, 0.25) is 0 Å². The van der Waals surface area contributed by atoms with Crippen LogP contribution in [0.2, 0.25) is 0 Å². The highest BCUT2D eigenvalue weighted by Crippen LogP contribution is 2.46. The Balaban J connectivity index is 1.88. The van der Waals surface area contributed by atoms with Crippen LogP contribution in [-0.2, 0) is 9.53 Å². The second-order valence-electron chi connectivity index (χ2n) is 7.72. The Hall–Kier alpha value is -3.15. The van der Waals surface area contributed by atoms with Gasteiger partial charge in [0.1, 0.15) is 17.6 Å². The minimum absolute atomic E-state index is 0.0299. The summed E-state index contributed by atoms with van der Waals surface area (Å²) in [4.78, 5) is 37.7. The summed E-state index contributed by atoms with van der Waals surface area (Å²) in [6, 6.07) is 7.58. The standard InChI is InChI=1S/C23H22O6/c1-12(24)29-23(13-7-3-2-4-8-13)16-11-17(25)18-19(22(16)28)21(27)15-10-6-5-9-14(15)20(18)26/h5-6,9-11,13,23,25,28H,2-4,7-8H2,1H3. The Bertz CT molecular complexity index is 1020. The summed E-state index contributed by atoms with van der Waals surface area (Å²) in [7, 11) is 0. The number of phenols is 2. The molecule has 29 heavy (non-hydrogen) atoms. The van der Waals surface area contributed by atoms with Gasteiger partial charge in [-0.15, -0.1) is 0 Å². The number of carbonyl (C=O) groups excluding carboxylic acids is 3. The second-order valence-corrected chi connectivity index (χ2v) is 7.72. The van der Waals surface area contributed by atoms with Crippen LogP contribution in [0.5, 0.6) is 11.5 Å². The molecule has 1 unspecified atom stereocenters. The molecular weight excluding hydrogens is 372 g/mol. The number of ketones is 2. The van der Waals surface area contributed by atoms with Crippen molar-refractivity contribution in [2.24, 2.45) is 5.92 Å². The maximum atomic E-state index is 13.1. The Morgan fingerprint density at radius 2 is 1.59 bits per heavy atom. The van der Waals surface area contributed by atoms with Gasteiger partial charge in [-0.25, -0.2) is 0 Å². The molecule has 0 amide bonds. The number of hydrogen-bond acceptors (Lipinski definition) is 6. The third-order valence-electron chi connectivity index (χ3n) is 5.86. The van der Waals surface area contributed by atoms with E-state index in [2.05, 4.69) is 0 Å². The molecule has 1 saturated carbocycles. The SMILES string of the molecule is CC(=O)OC(c1cc(O)c2c(c1O)C(=O)c1ccccc1C2=O)C1CCCCC1. The maximum absolute atomic E-state index is 13.1. The number of esters is 1. The zero-order valence-electron chi connectivity index (χ0n) is 16.1. The molecule has 6 nitrogen and oxygen atoms in total. The first kappa shape index (κ1) is 19.2. The van der Waals surface area contributed by atoms with Crippen molar-refractivity contribution in [2.75, 3.05) is 0 Å². The number of aromatic hydroxyl groups is 2. The summed E-state index contributed by atoms with van der Waals surface area (Å²) in [5.74, 6) is -2.38. The first-order valence-electron chi connectivity index (χ1n) is 9.84. The smallest absolute Gasteiger partial charge is 0.303 e. The average molecular weight is 394 g/mol. The lowest BCUT2D eigenvalue weighted by Crippen LogP contribution is -2.24. The Labute approximate surface area is 168 Å². The molecule has 2 aliphatic rings. The van der Waals surface area contributed by atoms with Crippen LogP contribution in [0.3, 0.4) is 0 Å². The van der Waals surface area contributed by atoms with Gasteiger partial charge in [0.15, 0.2) is 11.6 Å². The first-order chi connectivity index (χ1) is 13.9. The molecule has 2 aromatic rings. The number of rotatable bonds is 3. The molecule has 1 atom stereocenters. The van der Waals surface area contributed by atoms with E-state index >= 15 is 0 Å². The molecule has 0 spiro atoms. The summed E-state index contributed by atoms with van der Waals surface area (Å²) in [5, 5.41) is 21.6. The molecule has 0 radical (unpaired) electrons. The number of ether oxygens (including phenoxy) is 1. The van der Waals surface area contributed by atoms with E-state index in [0.717, 1.165) is 32.1 Å². The lowest BCUT2D eigenvalue weighted by molar-refractivity contribution is -0.150. The number of hydrogen-bond donors (Lipinski definition) is 2. The van der Waals surface area contributed by atoms with Crippen LogP contribution in [0.25, 0.3) is 0 Å². The van der Waals surface area contributed by atoms with E-state index in [4.69, 9.17) is 4.74 Å². The molecule has 2 aliphatic carbocycles.